The van der Waals surface area contributed by atoms with E-state index >= 15 is 0 Å². The number of amides is 1. The molecule has 1 aliphatic carbocycles. The van der Waals surface area contributed by atoms with Crippen LogP contribution >= 0.6 is 11.6 Å². The maximum atomic E-state index is 12.2. The number of likely N-dealkylation sites (tertiary alicyclic amines) is 1. The molecule has 1 spiro atoms. The van der Waals surface area contributed by atoms with Crippen LogP contribution < -0.4 is 10.1 Å². The fourth-order valence-electron chi connectivity index (χ4n) is 3.79. The maximum absolute atomic E-state index is 12.2. The van der Waals surface area contributed by atoms with Crippen LogP contribution in [-0.2, 0) is 11.3 Å². The summed E-state index contributed by atoms with van der Waals surface area (Å²) in [7, 11) is 0. The number of carbonyl (C=O) groups is 1. The number of aromatic amines is 1. The van der Waals surface area contributed by atoms with Crippen LogP contribution in [0.25, 0.3) is 0 Å². The van der Waals surface area contributed by atoms with Gasteiger partial charge in [-0.25, -0.2) is 4.98 Å². The van der Waals surface area contributed by atoms with Gasteiger partial charge in [0, 0.05) is 29.5 Å². The minimum absolute atomic E-state index is 0.0418. The molecule has 2 N–H and O–H groups in total. The van der Waals surface area contributed by atoms with Gasteiger partial charge in [0.15, 0.2) is 6.61 Å². The van der Waals surface area contributed by atoms with Gasteiger partial charge in [0.1, 0.15) is 5.75 Å². The largest absolute Gasteiger partial charge is 0.484 e. The van der Waals surface area contributed by atoms with Crippen molar-refractivity contribution in [1.82, 2.24) is 20.2 Å². The van der Waals surface area contributed by atoms with E-state index in [2.05, 4.69) is 20.2 Å². The SMILES string of the molecule is O=C(COc1ccc(Cl)cc1)NC1CC12CCN(Cc1cnc[nH]1)CC2. The minimum atomic E-state index is -0.0540. The van der Waals surface area contributed by atoms with E-state index in [0.717, 1.165) is 44.6 Å². The summed E-state index contributed by atoms with van der Waals surface area (Å²) in [5.41, 5.74) is 1.45. The summed E-state index contributed by atoms with van der Waals surface area (Å²) in [6, 6.07) is 7.33. The first-order valence-electron chi connectivity index (χ1n) is 9.00. The lowest BCUT2D eigenvalue weighted by Crippen LogP contribution is -2.39. The third-order valence-corrected chi connectivity index (χ3v) is 5.76. The number of nitrogens with zero attached hydrogens (tertiary/aromatic N) is 2. The van der Waals surface area contributed by atoms with Crippen molar-refractivity contribution < 1.29 is 9.53 Å². The van der Waals surface area contributed by atoms with Gasteiger partial charge in [0.2, 0.25) is 0 Å². The lowest BCUT2D eigenvalue weighted by molar-refractivity contribution is -0.123. The second kappa shape index (κ2) is 7.29. The van der Waals surface area contributed by atoms with Crippen LogP contribution in [0.4, 0.5) is 0 Å². The summed E-state index contributed by atoms with van der Waals surface area (Å²) in [4.78, 5) is 21.8. The van der Waals surface area contributed by atoms with E-state index in [1.165, 1.54) is 0 Å². The summed E-state index contributed by atoms with van der Waals surface area (Å²) in [5, 5.41) is 3.79. The zero-order valence-electron chi connectivity index (χ0n) is 14.6. The molecular weight excluding hydrogens is 352 g/mol. The van der Waals surface area contributed by atoms with Gasteiger partial charge in [0.05, 0.1) is 6.33 Å². The highest BCUT2D eigenvalue weighted by molar-refractivity contribution is 6.30. The fourth-order valence-corrected chi connectivity index (χ4v) is 3.91. The van der Waals surface area contributed by atoms with Crippen molar-refractivity contribution in [3.05, 3.63) is 47.5 Å². The Morgan fingerprint density at radius 2 is 2.12 bits per heavy atom. The molecule has 1 unspecified atom stereocenters. The Kier molecular flexibility index (Phi) is 4.87. The van der Waals surface area contributed by atoms with E-state index in [1.54, 1.807) is 30.6 Å². The zero-order valence-corrected chi connectivity index (χ0v) is 15.3. The smallest absolute Gasteiger partial charge is 0.258 e. The van der Waals surface area contributed by atoms with Crippen LogP contribution in [0, 0.1) is 5.41 Å². The predicted molar refractivity (Wildman–Crippen MR) is 99.0 cm³/mol. The second-order valence-corrected chi connectivity index (χ2v) is 7.72. The van der Waals surface area contributed by atoms with Gasteiger partial charge in [-0.2, -0.15) is 0 Å². The van der Waals surface area contributed by atoms with Crippen LogP contribution in [0.15, 0.2) is 36.8 Å². The van der Waals surface area contributed by atoms with Crippen LogP contribution in [0.3, 0.4) is 0 Å². The number of benzene rings is 1. The Morgan fingerprint density at radius 1 is 1.35 bits per heavy atom. The molecule has 1 aliphatic heterocycles. The first-order chi connectivity index (χ1) is 12.6. The number of H-pyrrole nitrogens is 1. The first kappa shape index (κ1) is 17.4. The number of rotatable bonds is 6. The Hall–Kier alpha value is -2.05. The number of carbonyl (C=O) groups excluding carboxylic acids is 1. The Balaban J connectivity index is 1.19. The predicted octanol–water partition coefficient (Wildman–Crippen LogP) is 2.61. The Morgan fingerprint density at radius 3 is 2.81 bits per heavy atom. The highest BCUT2D eigenvalue weighted by Gasteiger charge is 2.55. The van der Waals surface area contributed by atoms with Gasteiger partial charge < -0.3 is 15.0 Å². The molecule has 2 aromatic rings. The van der Waals surface area contributed by atoms with Crippen molar-refractivity contribution in [1.29, 1.82) is 0 Å². The summed E-state index contributed by atoms with van der Waals surface area (Å²) in [6.07, 6.45) is 6.94. The van der Waals surface area contributed by atoms with Crippen LogP contribution in [0.2, 0.25) is 5.02 Å². The average molecular weight is 375 g/mol. The molecular formula is C19H23ClN4O2. The molecule has 1 atom stereocenters. The summed E-state index contributed by atoms with van der Waals surface area (Å²) < 4.78 is 5.51. The van der Waals surface area contributed by atoms with Crippen molar-refractivity contribution in [2.24, 2.45) is 5.41 Å². The second-order valence-electron chi connectivity index (χ2n) is 7.28. The first-order valence-corrected chi connectivity index (χ1v) is 9.38. The molecule has 1 aromatic carbocycles. The number of aromatic nitrogens is 2. The van der Waals surface area contributed by atoms with E-state index in [-0.39, 0.29) is 18.6 Å². The highest BCUT2D eigenvalue weighted by atomic mass is 35.5. The van der Waals surface area contributed by atoms with Gasteiger partial charge >= 0.3 is 0 Å². The van der Waals surface area contributed by atoms with Crippen molar-refractivity contribution in [3.8, 4) is 5.75 Å². The van der Waals surface area contributed by atoms with Crippen LogP contribution in [0.5, 0.6) is 5.75 Å². The standard InChI is InChI=1S/C19H23ClN4O2/c20-14-1-3-16(4-2-14)26-12-18(25)23-17-9-19(17)5-7-24(8-6-19)11-15-10-21-13-22-15/h1-4,10,13,17H,5-9,11-12H2,(H,21,22)(H,23,25). The van der Waals surface area contributed by atoms with E-state index in [0.29, 0.717) is 16.2 Å². The topological polar surface area (TPSA) is 70.2 Å². The maximum Gasteiger partial charge on any atom is 0.258 e. The van der Waals surface area contributed by atoms with Crippen molar-refractivity contribution in [2.75, 3.05) is 19.7 Å². The molecule has 4 rings (SSSR count). The van der Waals surface area contributed by atoms with Gasteiger partial charge in [0.25, 0.3) is 5.91 Å². The molecule has 1 saturated carbocycles. The number of ether oxygens (including phenoxy) is 1. The molecule has 0 bridgehead atoms. The number of hydrogen-bond donors (Lipinski definition) is 2. The van der Waals surface area contributed by atoms with Crippen molar-refractivity contribution in [3.63, 3.8) is 0 Å². The van der Waals surface area contributed by atoms with Gasteiger partial charge in [-0.05, 0) is 62.0 Å². The molecule has 1 saturated heterocycles. The third-order valence-electron chi connectivity index (χ3n) is 5.51. The Bertz CT molecular complexity index is 739. The zero-order chi connectivity index (χ0) is 18.0. The number of halogens is 1. The van der Waals surface area contributed by atoms with Crippen LogP contribution in [0.1, 0.15) is 25.0 Å². The van der Waals surface area contributed by atoms with E-state index in [4.69, 9.17) is 16.3 Å². The molecule has 2 heterocycles. The summed E-state index contributed by atoms with van der Waals surface area (Å²) in [5.74, 6) is 0.601. The van der Waals surface area contributed by atoms with E-state index in [1.807, 2.05) is 6.20 Å². The van der Waals surface area contributed by atoms with Crippen LogP contribution in [-0.4, -0.2) is 46.5 Å². The lowest BCUT2D eigenvalue weighted by Gasteiger charge is -2.32. The number of nitrogens with one attached hydrogen (secondary N) is 2. The Labute approximate surface area is 157 Å². The minimum Gasteiger partial charge on any atom is -0.484 e. The molecule has 2 fully saturated rings. The lowest BCUT2D eigenvalue weighted by atomic mass is 9.92. The fraction of sp³-hybridized carbons (Fsp3) is 0.474. The normalized spacial score (nSPS) is 21.5. The highest BCUT2D eigenvalue weighted by Crippen LogP contribution is 2.53. The monoisotopic (exact) mass is 374 g/mol. The number of imidazole rings is 1. The molecule has 1 aromatic heterocycles. The summed E-state index contributed by atoms with van der Waals surface area (Å²) in [6.45, 7) is 3.08. The molecule has 6 nitrogen and oxygen atoms in total. The molecule has 1 amide bonds. The number of hydrogen-bond acceptors (Lipinski definition) is 4. The van der Waals surface area contributed by atoms with Gasteiger partial charge in [-0.15, -0.1) is 0 Å². The van der Waals surface area contributed by atoms with Crippen molar-refractivity contribution in [2.45, 2.75) is 31.8 Å². The van der Waals surface area contributed by atoms with Gasteiger partial charge in [-0.1, -0.05) is 11.6 Å². The molecule has 138 valence electrons. The van der Waals surface area contributed by atoms with Gasteiger partial charge in [-0.3, -0.25) is 9.69 Å². The van der Waals surface area contributed by atoms with E-state index in [9.17, 15) is 4.79 Å². The molecule has 7 heteroatoms. The number of piperidine rings is 1. The average Bonchev–Trinajstić information content (AvgIpc) is 3.04. The molecule has 2 aliphatic rings. The molecule has 0 radical (unpaired) electrons. The third kappa shape index (κ3) is 4.02. The summed E-state index contributed by atoms with van der Waals surface area (Å²) >= 11 is 5.84. The van der Waals surface area contributed by atoms with E-state index < -0.39 is 0 Å². The van der Waals surface area contributed by atoms with Crippen molar-refractivity contribution >= 4 is 17.5 Å². The molecule has 26 heavy (non-hydrogen) atoms. The quantitative estimate of drug-likeness (QED) is 0.815.